The quantitative estimate of drug-likeness (QED) is 0.286. The highest BCUT2D eigenvalue weighted by molar-refractivity contribution is 6.35. The largest absolute Gasteiger partial charge is 0.480 e. The van der Waals surface area contributed by atoms with Crippen LogP contribution in [0.15, 0.2) is 72.9 Å². The number of fused-ring (bicyclic) bond motifs is 1. The molecule has 2 amide bonds. The van der Waals surface area contributed by atoms with Crippen LogP contribution in [0.3, 0.4) is 0 Å². The number of hydrogen-bond donors (Lipinski definition) is 2. The summed E-state index contributed by atoms with van der Waals surface area (Å²) in [5.41, 5.74) is 1.57. The van der Waals surface area contributed by atoms with Gasteiger partial charge in [0.05, 0.1) is 11.9 Å². The molecule has 0 fully saturated rings. The minimum atomic E-state index is -1.32. The zero-order valence-electron chi connectivity index (χ0n) is 21.4. The van der Waals surface area contributed by atoms with E-state index in [4.69, 9.17) is 23.2 Å². The van der Waals surface area contributed by atoms with Gasteiger partial charge in [0, 0.05) is 16.5 Å². The SMILES string of the molecule is C[C@H](NC(=O)c1cnc2n1[C@](C)(Cc1ccc(-c3ccc(F)cc3)cc1)C(=O)N2c1cc(Cl)cc(Cl)c1)C(=O)O. The molecule has 0 spiro atoms. The number of anilines is 2. The van der Waals surface area contributed by atoms with Crippen molar-refractivity contribution in [1.29, 1.82) is 0 Å². The number of aliphatic carboxylic acids is 1. The van der Waals surface area contributed by atoms with Crippen molar-refractivity contribution in [3.8, 4) is 11.1 Å². The number of carboxylic acid groups (broad SMARTS) is 1. The number of aromatic nitrogens is 2. The van der Waals surface area contributed by atoms with Gasteiger partial charge in [-0.25, -0.2) is 14.3 Å². The Hall–Kier alpha value is -4.21. The van der Waals surface area contributed by atoms with Gasteiger partial charge in [0.1, 0.15) is 23.1 Å². The molecule has 3 aromatic carbocycles. The number of benzene rings is 3. The molecule has 1 aliphatic heterocycles. The molecule has 0 saturated heterocycles. The summed E-state index contributed by atoms with van der Waals surface area (Å²) in [6, 6.07) is 17.1. The van der Waals surface area contributed by atoms with E-state index >= 15 is 0 Å². The van der Waals surface area contributed by atoms with Gasteiger partial charge in [0.25, 0.3) is 11.8 Å². The molecule has 2 N–H and O–H groups in total. The molecule has 1 aliphatic rings. The molecule has 40 heavy (non-hydrogen) atoms. The van der Waals surface area contributed by atoms with Gasteiger partial charge in [-0.05, 0) is 60.9 Å². The normalized spacial score (nSPS) is 17.0. The maximum absolute atomic E-state index is 14.1. The number of hydrogen-bond acceptors (Lipinski definition) is 4. The van der Waals surface area contributed by atoms with E-state index in [0.717, 1.165) is 16.7 Å². The molecule has 11 heteroatoms. The van der Waals surface area contributed by atoms with Crippen LogP contribution in [0.4, 0.5) is 16.0 Å². The van der Waals surface area contributed by atoms with Crippen molar-refractivity contribution in [3.05, 3.63) is 100 Å². The van der Waals surface area contributed by atoms with Gasteiger partial charge in [-0.2, -0.15) is 0 Å². The summed E-state index contributed by atoms with van der Waals surface area (Å²) in [5.74, 6) is -2.43. The Bertz CT molecular complexity index is 1620. The van der Waals surface area contributed by atoms with Crippen LogP contribution < -0.4 is 10.2 Å². The molecule has 8 nitrogen and oxygen atoms in total. The lowest BCUT2D eigenvalue weighted by atomic mass is 9.90. The van der Waals surface area contributed by atoms with Gasteiger partial charge >= 0.3 is 5.97 Å². The van der Waals surface area contributed by atoms with Crippen molar-refractivity contribution in [3.63, 3.8) is 0 Å². The molecule has 204 valence electrons. The Morgan fingerprint density at radius 2 is 1.60 bits per heavy atom. The van der Waals surface area contributed by atoms with Crippen LogP contribution in [0.5, 0.6) is 0 Å². The molecule has 2 atom stereocenters. The highest BCUT2D eigenvalue weighted by atomic mass is 35.5. The zero-order chi connectivity index (χ0) is 28.8. The highest BCUT2D eigenvalue weighted by Crippen LogP contribution is 2.43. The van der Waals surface area contributed by atoms with Crippen molar-refractivity contribution in [1.82, 2.24) is 14.9 Å². The van der Waals surface area contributed by atoms with E-state index in [0.29, 0.717) is 15.7 Å². The van der Waals surface area contributed by atoms with E-state index in [2.05, 4.69) is 10.3 Å². The number of carbonyl (C=O) groups excluding carboxylic acids is 2. The molecule has 0 radical (unpaired) electrons. The van der Waals surface area contributed by atoms with E-state index in [1.54, 1.807) is 31.2 Å². The first-order valence-corrected chi connectivity index (χ1v) is 13.0. The average molecular weight is 581 g/mol. The van der Waals surface area contributed by atoms with E-state index in [1.165, 1.54) is 40.8 Å². The predicted octanol–water partition coefficient (Wildman–Crippen LogP) is 5.84. The molecule has 0 aliphatic carbocycles. The summed E-state index contributed by atoms with van der Waals surface area (Å²) in [6.07, 6.45) is 1.49. The van der Waals surface area contributed by atoms with Crippen molar-refractivity contribution in [2.45, 2.75) is 31.8 Å². The lowest BCUT2D eigenvalue weighted by molar-refractivity contribution is -0.138. The molecule has 1 aromatic heterocycles. The first kappa shape index (κ1) is 27.4. The molecular weight excluding hydrogens is 558 g/mol. The number of imidazole rings is 1. The molecule has 0 saturated carbocycles. The number of carboxylic acids is 1. The third kappa shape index (κ3) is 4.94. The first-order valence-electron chi connectivity index (χ1n) is 12.3. The number of carbonyl (C=O) groups is 3. The highest BCUT2D eigenvalue weighted by Gasteiger charge is 2.51. The Morgan fingerprint density at radius 3 is 2.17 bits per heavy atom. The molecule has 4 aromatic rings. The van der Waals surface area contributed by atoms with Gasteiger partial charge in [-0.15, -0.1) is 0 Å². The fourth-order valence-corrected chi connectivity index (χ4v) is 5.33. The Labute approximate surface area is 239 Å². The van der Waals surface area contributed by atoms with Gasteiger partial charge in [-0.3, -0.25) is 19.0 Å². The molecule has 2 heterocycles. The lowest BCUT2D eigenvalue weighted by Gasteiger charge is -2.27. The van der Waals surface area contributed by atoms with E-state index in [9.17, 15) is 23.9 Å². The van der Waals surface area contributed by atoms with Crippen molar-refractivity contribution in [2.75, 3.05) is 4.90 Å². The maximum Gasteiger partial charge on any atom is 0.325 e. The fourth-order valence-electron chi connectivity index (χ4n) is 4.82. The third-order valence-electron chi connectivity index (χ3n) is 6.84. The van der Waals surface area contributed by atoms with Crippen molar-refractivity contribution < 1.29 is 23.9 Å². The van der Waals surface area contributed by atoms with Gasteiger partial charge in [0.15, 0.2) is 0 Å². The van der Waals surface area contributed by atoms with Crippen LogP contribution >= 0.6 is 23.2 Å². The van der Waals surface area contributed by atoms with Crippen molar-refractivity contribution in [2.24, 2.45) is 0 Å². The van der Waals surface area contributed by atoms with Gasteiger partial charge < -0.3 is 10.4 Å². The number of amides is 2. The van der Waals surface area contributed by atoms with Crippen molar-refractivity contribution >= 4 is 52.6 Å². The smallest absolute Gasteiger partial charge is 0.325 e. The molecular formula is C29H23Cl2FN4O4. The average Bonchev–Trinajstić information content (AvgIpc) is 3.42. The van der Waals surface area contributed by atoms with Crippen LogP contribution in [0.2, 0.25) is 10.0 Å². The zero-order valence-corrected chi connectivity index (χ0v) is 22.9. The fraction of sp³-hybridized carbons (Fsp3) is 0.172. The third-order valence-corrected chi connectivity index (χ3v) is 7.27. The summed E-state index contributed by atoms with van der Waals surface area (Å²) in [4.78, 5) is 44.4. The number of halogens is 3. The van der Waals surface area contributed by atoms with Crippen LogP contribution in [0.25, 0.3) is 11.1 Å². The number of nitrogens with zero attached hydrogens (tertiary/aromatic N) is 3. The van der Waals surface area contributed by atoms with Gasteiger partial charge in [0.2, 0.25) is 5.95 Å². The van der Waals surface area contributed by atoms with Gasteiger partial charge in [-0.1, -0.05) is 59.6 Å². The monoisotopic (exact) mass is 580 g/mol. The molecule has 0 bridgehead atoms. The summed E-state index contributed by atoms with van der Waals surface area (Å²) >= 11 is 12.5. The van der Waals surface area contributed by atoms with Crippen LogP contribution in [0, 0.1) is 5.82 Å². The van der Waals surface area contributed by atoms with Crippen LogP contribution in [-0.4, -0.2) is 38.5 Å². The minimum absolute atomic E-state index is 0.0255. The Kier molecular flexibility index (Phi) is 7.12. The van der Waals surface area contributed by atoms with E-state index in [-0.39, 0.29) is 29.8 Å². The molecule has 0 unspecified atom stereocenters. The van der Waals surface area contributed by atoms with E-state index < -0.39 is 23.5 Å². The second-order valence-corrected chi connectivity index (χ2v) is 10.6. The summed E-state index contributed by atoms with van der Waals surface area (Å²) in [5, 5.41) is 12.3. The number of rotatable bonds is 7. The van der Waals surface area contributed by atoms with E-state index in [1.807, 2.05) is 24.3 Å². The summed E-state index contributed by atoms with van der Waals surface area (Å²) in [7, 11) is 0. The van der Waals surface area contributed by atoms with Crippen LogP contribution in [0.1, 0.15) is 29.9 Å². The minimum Gasteiger partial charge on any atom is -0.480 e. The summed E-state index contributed by atoms with van der Waals surface area (Å²) in [6.45, 7) is 3.03. The summed E-state index contributed by atoms with van der Waals surface area (Å²) < 4.78 is 14.9. The topological polar surface area (TPSA) is 105 Å². The molecule has 5 rings (SSSR count). The maximum atomic E-state index is 14.1. The Morgan fingerprint density at radius 1 is 1.02 bits per heavy atom. The standard InChI is InChI=1S/C29H23Cl2FN4O4/c1-16(26(38)39)34-25(37)24-15-33-28-35(23-12-20(30)11-21(31)13-23)27(40)29(2,36(24)28)14-17-3-5-18(6-4-17)19-7-9-22(32)10-8-19/h3-13,15-16H,14H2,1-2H3,(H,34,37)(H,38,39)/t16-,29+/m0/s1. The Balaban J connectivity index is 1.56. The second kappa shape index (κ2) is 10.4. The first-order chi connectivity index (χ1) is 19.0. The second-order valence-electron chi connectivity index (χ2n) is 9.73. The predicted molar refractivity (Wildman–Crippen MR) is 150 cm³/mol. The van der Waals surface area contributed by atoms with Crippen LogP contribution in [-0.2, 0) is 21.5 Å². The lowest BCUT2D eigenvalue weighted by Crippen LogP contribution is -2.44. The number of nitrogens with one attached hydrogen (secondary N) is 1.